The number of hydrogen-bond donors (Lipinski definition) is 2. The van der Waals surface area contributed by atoms with Gasteiger partial charge in [0.1, 0.15) is 0 Å². The topological polar surface area (TPSA) is 38.0 Å². The Balaban J connectivity index is 2.12. The Morgan fingerprint density at radius 3 is 2.79 bits per heavy atom. The quantitative estimate of drug-likeness (QED) is 0.779. The molecule has 3 N–H and O–H groups in total. The van der Waals surface area contributed by atoms with E-state index in [1.54, 1.807) is 0 Å². The molecule has 0 aliphatic carbocycles. The molecule has 1 aliphatic heterocycles. The first-order chi connectivity index (χ1) is 9.15. The summed E-state index contributed by atoms with van der Waals surface area (Å²) >= 11 is 6.12. The number of nitrogens with two attached hydrogens (primary N) is 1. The normalized spacial score (nSPS) is 22.0. The number of hydrogen-bond acceptors (Lipinski definition) is 2. The fourth-order valence-corrected chi connectivity index (χ4v) is 3.00. The van der Waals surface area contributed by atoms with Crippen LogP contribution in [0.15, 0.2) is 42.5 Å². The lowest BCUT2D eigenvalue weighted by atomic mass is 9.86. The molecule has 0 saturated carbocycles. The highest BCUT2D eigenvalue weighted by Gasteiger charge is 2.26. The van der Waals surface area contributed by atoms with Crippen LogP contribution in [-0.4, -0.2) is 6.04 Å². The van der Waals surface area contributed by atoms with E-state index in [-0.39, 0.29) is 6.04 Å². The number of benzene rings is 2. The molecule has 2 aromatic carbocycles. The van der Waals surface area contributed by atoms with Crippen molar-refractivity contribution in [2.75, 3.05) is 5.73 Å². The lowest BCUT2D eigenvalue weighted by Crippen LogP contribution is -2.38. The van der Waals surface area contributed by atoms with Gasteiger partial charge in [-0.2, -0.15) is 0 Å². The van der Waals surface area contributed by atoms with Crippen molar-refractivity contribution in [3.63, 3.8) is 0 Å². The van der Waals surface area contributed by atoms with Crippen molar-refractivity contribution in [1.82, 2.24) is 5.32 Å². The molecule has 1 aliphatic rings. The molecule has 0 radical (unpaired) electrons. The third kappa shape index (κ3) is 2.34. The summed E-state index contributed by atoms with van der Waals surface area (Å²) in [6, 6.07) is 14.7. The number of anilines is 1. The van der Waals surface area contributed by atoms with Crippen LogP contribution in [0.4, 0.5) is 5.69 Å². The molecule has 0 aromatic heterocycles. The molecule has 2 aromatic rings. The van der Waals surface area contributed by atoms with Gasteiger partial charge in [0.25, 0.3) is 0 Å². The Bertz CT molecular complexity index is 609. The van der Waals surface area contributed by atoms with Gasteiger partial charge in [0, 0.05) is 16.8 Å². The summed E-state index contributed by atoms with van der Waals surface area (Å²) in [5, 5.41) is 4.34. The molecule has 0 unspecified atom stereocenters. The maximum absolute atomic E-state index is 6.12. The van der Waals surface area contributed by atoms with Crippen LogP contribution in [0.3, 0.4) is 0 Å². The van der Waals surface area contributed by atoms with Gasteiger partial charge in [0.05, 0.1) is 6.04 Å². The number of halogens is 1. The minimum atomic E-state index is 0.124. The van der Waals surface area contributed by atoms with Gasteiger partial charge in [-0.3, -0.25) is 0 Å². The van der Waals surface area contributed by atoms with E-state index in [2.05, 4.69) is 36.5 Å². The Morgan fingerprint density at radius 1 is 1.16 bits per heavy atom. The molecule has 0 bridgehead atoms. The summed E-state index contributed by atoms with van der Waals surface area (Å²) in [5.41, 5.74) is 10.7. The maximum atomic E-state index is 6.12. The number of rotatable bonds is 1. The minimum Gasteiger partial charge on any atom is -0.398 e. The van der Waals surface area contributed by atoms with E-state index in [1.807, 2.05) is 18.2 Å². The molecule has 98 valence electrons. The van der Waals surface area contributed by atoms with E-state index >= 15 is 0 Å². The first-order valence-electron chi connectivity index (χ1n) is 6.54. The highest BCUT2D eigenvalue weighted by molar-refractivity contribution is 6.30. The van der Waals surface area contributed by atoms with E-state index in [9.17, 15) is 0 Å². The van der Waals surface area contributed by atoms with Crippen LogP contribution < -0.4 is 11.1 Å². The van der Waals surface area contributed by atoms with E-state index in [0.29, 0.717) is 6.04 Å². The van der Waals surface area contributed by atoms with Gasteiger partial charge in [-0.25, -0.2) is 0 Å². The average Bonchev–Trinajstić information content (AvgIpc) is 2.40. The predicted molar refractivity (Wildman–Crippen MR) is 80.5 cm³/mol. The van der Waals surface area contributed by atoms with E-state index < -0.39 is 0 Å². The van der Waals surface area contributed by atoms with Crippen LogP contribution in [0.5, 0.6) is 0 Å². The SMILES string of the molecule is C[C@H]1Cc2ccccc2[C@H](c2cc(Cl)ccc2N)N1. The van der Waals surface area contributed by atoms with Crippen molar-refractivity contribution in [3.05, 3.63) is 64.2 Å². The van der Waals surface area contributed by atoms with Gasteiger partial charge in [-0.05, 0) is 48.2 Å². The molecule has 2 nitrogen and oxygen atoms in total. The van der Waals surface area contributed by atoms with Crippen LogP contribution >= 0.6 is 11.6 Å². The van der Waals surface area contributed by atoms with Crippen molar-refractivity contribution in [1.29, 1.82) is 0 Å². The highest BCUT2D eigenvalue weighted by Crippen LogP contribution is 2.34. The van der Waals surface area contributed by atoms with Gasteiger partial charge < -0.3 is 11.1 Å². The standard InChI is InChI=1S/C16H17ClN2/c1-10-8-11-4-2-3-5-13(11)16(19-10)14-9-12(17)6-7-15(14)18/h2-7,9-10,16,19H,8,18H2,1H3/t10-,16+/m0/s1. The number of nitrogens with one attached hydrogen (secondary N) is 1. The molecular weight excluding hydrogens is 256 g/mol. The molecule has 0 spiro atoms. The van der Waals surface area contributed by atoms with Crippen molar-refractivity contribution in [3.8, 4) is 0 Å². The fourth-order valence-electron chi connectivity index (χ4n) is 2.82. The molecule has 3 rings (SSSR count). The Kier molecular flexibility index (Phi) is 3.21. The van der Waals surface area contributed by atoms with Crippen molar-refractivity contribution >= 4 is 17.3 Å². The second kappa shape index (κ2) is 4.87. The zero-order valence-electron chi connectivity index (χ0n) is 10.9. The first kappa shape index (κ1) is 12.5. The third-order valence-electron chi connectivity index (χ3n) is 3.70. The highest BCUT2D eigenvalue weighted by atomic mass is 35.5. The lowest BCUT2D eigenvalue weighted by Gasteiger charge is -2.32. The molecular formula is C16H17ClN2. The second-order valence-electron chi connectivity index (χ2n) is 5.18. The van der Waals surface area contributed by atoms with E-state index in [1.165, 1.54) is 11.1 Å². The minimum absolute atomic E-state index is 0.124. The number of nitrogen functional groups attached to an aromatic ring is 1. The van der Waals surface area contributed by atoms with Crippen LogP contribution in [0.2, 0.25) is 5.02 Å². The van der Waals surface area contributed by atoms with Crippen LogP contribution in [-0.2, 0) is 6.42 Å². The predicted octanol–water partition coefficient (Wildman–Crippen LogP) is 3.55. The molecule has 0 saturated heterocycles. The average molecular weight is 273 g/mol. The monoisotopic (exact) mass is 272 g/mol. The molecule has 1 heterocycles. The second-order valence-corrected chi connectivity index (χ2v) is 5.61. The van der Waals surface area contributed by atoms with Crippen molar-refractivity contribution < 1.29 is 0 Å². The Hall–Kier alpha value is -1.51. The van der Waals surface area contributed by atoms with Crippen LogP contribution in [0.1, 0.15) is 29.7 Å². The summed E-state index contributed by atoms with van der Waals surface area (Å²) in [6.45, 7) is 2.20. The summed E-state index contributed by atoms with van der Waals surface area (Å²) in [6.07, 6.45) is 1.05. The fraction of sp³-hybridized carbons (Fsp3) is 0.250. The van der Waals surface area contributed by atoms with Gasteiger partial charge in [0.2, 0.25) is 0 Å². The molecule has 0 amide bonds. The van der Waals surface area contributed by atoms with Gasteiger partial charge >= 0.3 is 0 Å². The molecule has 0 fully saturated rings. The zero-order chi connectivity index (χ0) is 13.4. The van der Waals surface area contributed by atoms with E-state index in [4.69, 9.17) is 17.3 Å². The van der Waals surface area contributed by atoms with Crippen LogP contribution in [0.25, 0.3) is 0 Å². The summed E-state index contributed by atoms with van der Waals surface area (Å²) in [7, 11) is 0. The molecule has 3 heteroatoms. The summed E-state index contributed by atoms with van der Waals surface area (Å²) < 4.78 is 0. The summed E-state index contributed by atoms with van der Waals surface area (Å²) in [5.74, 6) is 0. The largest absolute Gasteiger partial charge is 0.398 e. The van der Waals surface area contributed by atoms with Gasteiger partial charge in [-0.15, -0.1) is 0 Å². The van der Waals surface area contributed by atoms with Crippen molar-refractivity contribution in [2.45, 2.75) is 25.4 Å². The smallest absolute Gasteiger partial charge is 0.0602 e. The Labute approximate surface area is 118 Å². The lowest BCUT2D eigenvalue weighted by molar-refractivity contribution is 0.465. The zero-order valence-corrected chi connectivity index (χ0v) is 11.6. The van der Waals surface area contributed by atoms with Crippen molar-refractivity contribution in [2.24, 2.45) is 0 Å². The van der Waals surface area contributed by atoms with Gasteiger partial charge in [-0.1, -0.05) is 35.9 Å². The molecule has 2 atom stereocenters. The maximum Gasteiger partial charge on any atom is 0.0602 e. The number of fused-ring (bicyclic) bond motifs is 1. The van der Waals surface area contributed by atoms with Gasteiger partial charge in [0.15, 0.2) is 0 Å². The molecule has 19 heavy (non-hydrogen) atoms. The first-order valence-corrected chi connectivity index (χ1v) is 6.91. The third-order valence-corrected chi connectivity index (χ3v) is 3.94. The van der Waals surface area contributed by atoms with E-state index in [0.717, 1.165) is 22.7 Å². The summed E-state index contributed by atoms with van der Waals surface area (Å²) in [4.78, 5) is 0. The van der Waals surface area contributed by atoms with Crippen LogP contribution in [0, 0.1) is 0 Å². The Morgan fingerprint density at radius 2 is 1.95 bits per heavy atom.